The molecule has 0 aromatic rings. The molecule has 2 atom stereocenters. The van der Waals surface area contributed by atoms with E-state index < -0.39 is 0 Å². The summed E-state index contributed by atoms with van der Waals surface area (Å²) in [7, 11) is 0. The number of fused-ring (bicyclic) bond motifs is 1. The summed E-state index contributed by atoms with van der Waals surface area (Å²) in [5.74, 6) is 0.978. The summed E-state index contributed by atoms with van der Waals surface area (Å²) >= 11 is 0. The van der Waals surface area contributed by atoms with Gasteiger partial charge in [-0.3, -0.25) is 0 Å². The third kappa shape index (κ3) is 4.20. The molecule has 2 fully saturated rings. The van der Waals surface area contributed by atoms with E-state index in [1.165, 1.54) is 45.1 Å². The quantitative estimate of drug-likeness (QED) is 0.695. The molecule has 1 saturated carbocycles. The first kappa shape index (κ1) is 15.7. The van der Waals surface area contributed by atoms with Gasteiger partial charge in [0.2, 0.25) is 0 Å². The molecule has 1 saturated heterocycles. The molecule has 0 amide bonds. The van der Waals surface area contributed by atoms with E-state index in [9.17, 15) is 0 Å². The maximum Gasteiger partial charge on any atom is 0.00955 e. The van der Waals surface area contributed by atoms with Crippen molar-refractivity contribution in [1.82, 2.24) is 5.32 Å². The van der Waals surface area contributed by atoms with Gasteiger partial charge in [-0.05, 0) is 43.6 Å². The number of nitrogens with one attached hydrogen (secondary N) is 1. The van der Waals surface area contributed by atoms with E-state index in [1.54, 1.807) is 0 Å². The van der Waals surface area contributed by atoms with E-state index >= 15 is 0 Å². The molecular formula is C12H27NS2. The van der Waals surface area contributed by atoms with Crippen molar-refractivity contribution in [2.24, 2.45) is 11.3 Å². The topological polar surface area (TPSA) is 12.0 Å². The minimum Gasteiger partial charge on any atom is -0.314 e. The Bertz CT molecular complexity index is 182. The minimum atomic E-state index is 0. The van der Waals surface area contributed by atoms with Gasteiger partial charge in [0, 0.05) is 6.04 Å². The van der Waals surface area contributed by atoms with Crippen LogP contribution >= 0.6 is 27.0 Å². The molecule has 15 heavy (non-hydrogen) atoms. The highest BCUT2D eigenvalue weighted by atomic mass is 32.1. The lowest BCUT2D eigenvalue weighted by Gasteiger charge is -2.33. The molecule has 1 aliphatic heterocycles. The molecule has 2 aliphatic rings. The predicted molar refractivity (Wildman–Crippen MR) is 77.5 cm³/mol. The van der Waals surface area contributed by atoms with Crippen molar-refractivity contribution >= 4 is 27.0 Å². The fourth-order valence-corrected chi connectivity index (χ4v) is 3.13. The molecule has 0 aromatic heterocycles. The van der Waals surface area contributed by atoms with Crippen molar-refractivity contribution in [3.63, 3.8) is 0 Å². The summed E-state index contributed by atoms with van der Waals surface area (Å²) < 4.78 is 0. The predicted octanol–water partition coefficient (Wildman–Crippen LogP) is 3.18. The van der Waals surface area contributed by atoms with Crippen LogP contribution in [0.25, 0.3) is 0 Å². The van der Waals surface area contributed by atoms with Gasteiger partial charge in [0.25, 0.3) is 0 Å². The Hall–Kier alpha value is 0.660. The van der Waals surface area contributed by atoms with E-state index in [4.69, 9.17) is 0 Å². The van der Waals surface area contributed by atoms with Crippen LogP contribution in [0.5, 0.6) is 0 Å². The second-order valence-electron chi connectivity index (χ2n) is 5.72. The molecule has 0 unspecified atom stereocenters. The van der Waals surface area contributed by atoms with Crippen LogP contribution in [0, 0.1) is 11.3 Å². The highest BCUT2D eigenvalue weighted by molar-refractivity contribution is 7.59. The summed E-state index contributed by atoms with van der Waals surface area (Å²) in [5.41, 5.74) is 0.587. The van der Waals surface area contributed by atoms with Crippen LogP contribution in [-0.2, 0) is 0 Å². The largest absolute Gasteiger partial charge is 0.314 e. The average Bonchev–Trinajstić information content (AvgIpc) is 2.21. The van der Waals surface area contributed by atoms with Gasteiger partial charge in [-0.2, -0.15) is 27.0 Å². The fourth-order valence-electron chi connectivity index (χ4n) is 3.13. The van der Waals surface area contributed by atoms with Crippen molar-refractivity contribution in [3.8, 4) is 0 Å². The van der Waals surface area contributed by atoms with Crippen molar-refractivity contribution < 1.29 is 0 Å². The van der Waals surface area contributed by atoms with Gasteiger partial charge >= 0.3 is 0 Å². The maximum atomic E-state index is 3.74. The van der Waals surface area contributed by atoms with Gasteiger partial charge in [-0.15, -0.1) is 0 Å². The standard InChI is InChI=1S/C12H23N.2H2S/c1-12(2)7-8-13-11-6-4-3-5-10(11)9-12;;/h10-11,13H,3-9H2,1-2H3;2*1H2/t10-,11+;;/m1../s1. The van der Waals surface area contributed by atoms with Gasteiger partial charge in [-0.1, -0.05) is 26.7 Å². The zero-order valence-electron chi connectivity index (χ0n) is 10.1. The summed E-state index contributed by atoms with van der Waals surface area (Å²) in [5, 5.41) is 3.74. The second-order valence-corrected chi connectivity index (χ2v) is 5.72. The second kappa shape index (κ2) is 6.41. The van der Waals surface area contributed by atoms with Crippen LogP contribution in [0.15, 0.2) is 0 Å². The number of hydrogen-bond donors (Lipinski definition) is 1. The third-order valence-corrected chi connectivity index (χ3v) is 3.93. The van der Waals surface area contributed by atoms with Crippen molar-refractivity contribution in [1.29, 1.82) is 0 Å². The average molecular weight is 249 g/mol. The number of rotatable bonds is 0. The molecule has 2 rings (SSSR count). The van der Waals surface area contributed by atoms with Crippen LogP contribution < -0.4 is 5.32 Å². The zero-order chi connectivity index (χ0) is 9.31. The smallest absolute Gasteiger partial charge is 0.00955 e. The lowest BCUT2D eigenvalue weighted by molar-refractivity contribution is 0.211. The van der Waals surface area contributed by atoms with Crippen molar-refractivity contribution in [2.45, 2.75) is 58.4 Å². The minimum absolute atomic E-state index is 0. The lowest BCUT2D eigenvalue weighted by atomic mass is 9.74. The molecule has 0 spiro atoms. The van der Waals surface area contributed by atoms with Crippen LogP contribution in [0.3, 0.4) is 0 Å². The van der Waals surface area contributed by atoms with E-state index in [-0.39, 0.29) is 27.0 Å². The highest BCUT2D eigenvalue weighted by Gasteiger charge is 2.33. The van der Waals surface area contributed by atoms with E-state index in [0.29, 0.717) is 5.41 Å². The molecule has 0 radical (unpaired) electrons. The molecule has 92 valence electrons. The van der Waals surface area contributed by atoms with Crippen LogP contribution in [0.4, 0.5) is 0 Å². The monoisotopic (exact) mass is 249 g/mol. The Morgan fingerprint density at radius 3 is 2.47 bits per heavy atom. The van der Waals surface area contributed by atoms with Gasteiger partial charge in [0.15, 0.2) is 0 Å². The first-order valence-corrected chi connectivity index (χ1v) is 5.91. The molecule has 0 aromatic carbocycles. The number of hydrogen-bond acceptors (Lipinski definition) is 1. The van der Waals surface area contributed by atoms with Crippen molar-refractivity contribution in [3.05, 3.63) is 0 Å². The summed E-state index contributed by atoms with van der Waals surface area (Å²) in [6.07, 6.45) is 8.64. The van der Waals surface area contributed by atoms with Gasteiger partial charge in [0.1, 0.15) is 0 Å². The Labute approximate surface area is 109 Å². The molecule has 1 N–H and O–H groups in total. The molecule has 3 heteroatoms. The van der Waals surface area contributed by atoms with Gasteiger partial charge in [0.05, 0.1) is 0 Å². The molecule has 0 bridgehead atoms. The summed E-state index contributed by atoms with van der Waals surface area (Å²) in [6.45, 7) is 6.12. The maximum absolute atomic E-state index is 3.74. The Kier molecular flexibility index (Phi) is 6.69. The lowest BCUT2D eigenvalue weighted by Crippen LogP contribution is -2.37. The third-order valence-electron chi connectivity index (χ3n) is 3.93. The molecule has 1 aliphatic carbocycles. The van der Waals surface area contributed by atoms with E-state index in [2.05, 4.69) is 19.2 Å². The van der Waals surface area contributed by atoms with Gasteiger partial charge < -0.3 is 5.32 Å². The zero-order valence-corrected chi connectivity index (χ0v) is 12.1. The molecular weight excluding hydrogens is 222 g/mol. The van der Waals surface area contributed by atoms with E-state index in [1.807, 2.05) is 0 Å². The van der Waals surface area contributed by atoms with Crippen LogP contribution in [-0.4, -0.2) is 12.6 Å². The normalized spacial score (nSPS) is 34.0. The van der Waals surface area contributed by atoms with Crippen LogP contribution in [0.2, 0.25) is 0 Å². The van der Waals surface area contributed by atoms with Crippen LogP contribution in [0.1, 0.15) is 52.4 Å². The van der Waals surface area contributed by atoms with E-state index in [0.717, 1.165) is 12.0 Å². The summed E-state index contributed by atoms with van der Waals surface area (Å²) in [6, 6.07) is 0.857. The highest BCUT2D eigenvalue weighted by Crippen LogP contribution is 2.38. The first-order valence-electron chi connectivity index (χ1n) is 5.91. The Morgan fingerprint density at radius 1 is 1.07 bits per heavy atom. The molecule has 1 nitrogen and oxygen atoms in total. The Morgan fingerprint density at radius 2 is 1.73 bits per heavy atom. The summed E-state index contributed by atoms with van der Waals surface area (Å²) in [4.78, 5) is 0. The van der Waals surface area contributed by atoms with Crippen molar-refractivity contribution in [2.75, 3.05) is 6.54 Å². The molecule has 1 heterocycles. The SMILES string of the molecule is CC1(C)CCN[C@H]2CCCC[C@@H]2C1.S.S. The Balaban J connectivity index is 0.000000980. The van der Waals surface area contributed by atoms with Gasteiger partial charge in [-0.25, -0.2) is 0 Å². The fraction of sp³-hybridized carbons (Fsp3) is 1.00. The first-order chi connectivity index (χ1) is 6.17.